The normalized spacial score (nSPS) is 12.8. The van der Waals surface area contributed by atoms with Gasteiger partial charge in [0.2, 0.25) is 0 Å². The summed E-state index contributed by atoms with van der Waals surface area (Å²) in [6, 6.07) is 9.98. The van der Waals surface area contributed by atoms with Crippen molar-refractivity contribution >= 4 is 11.7 Å². The van der Waals surface area contributed by atoms with Crippen molar-refractivity contribution < 1.29 is 26.7 Å². The number of alkyl halides is 3. The molecule has 0 saturated carbocycles. The zero-order valence-electron chi connectivity index (χ0n) is 11.4. The van der Waals surface area contributed by atoms with Crippen LogP contribution in [-0.4, -0.2) is 6.36 Å². The van der Waals surface area contributed by atoms with Crippen LogP contribution in [0.3, 0.4) is 0 Å². The standard InChI is InChI=1S/C16H11F5O/c1-10-2-4-11(5-3-10)14(17)15(18)12-6-8-13(9-7-12)22-16(19,20)21/h2-9H,1H3/b15-14+. The first kappa shape index (κ1) is 16.0. The number of hydrogen-bond donors (Lipinski definition) is 0. The first-order chi connectivity index (χ1) is 10.3. The van der Waals surface area contributed by atoms with Crippen molar-refractivity contribution in [2.75, 3.05) is 0 Å². The predicted octanol–water partition coefficient (Wildman–Crippen LogP) is 5.66. The maximum Gasteiger partial charge on any atom is 0.573 e. The Labute approximate surface area is 123 Å². The molecule has 0 heterocycles. The van der Waals surface area contributed by atoms with Crippen molar-refractivity contribution in [3.8, 4) is 5.75 Å². The van der Waals surface area contributed by atoms with Crippen molar-refractivity contribution in [3.05, 3.63) is 65.2 Å². The molecule has 116 valence electrons. The smallest absolute Gasteiger partial charge is 0.406 e. The fourth-order valence-electron chi connectivity index (χ4n) is 1.76. The zero-order chi connectivity index (χ0) is 16.3. The fraction of sp³-hybridized carbons (Fsp3) is 0.125. The molecule has 0 aromatic heterocycles. The zero-order valence-corrected chi connectivity index (χ0v) is 11.4. The highest BCUT2D eigenvalue weighted by Crippen LogP contribution is 2.30. The van der Waals surface area contributed by atoms with Gasteiger partial charge in [-0.1, -0.05) is 29.8 Å². The van der Waals surface area contributed by atoms with E-state index in [1.165, 1.54) is 12.1 Å². The van der Waals surface area contributed by atoms with Crippen LogP contribution in [0.1, 0.15) is 16.7 Å². The molecule has 2 aromatic rings. The predicted molar refractivity (Wildman–Crippen MR) is 73.3 cm³/mol. The number of halogens is 5. The second-order valence-electron chi connectivity index (χ2n) is 4.57. The quantitative estimate of drug-likeness (QED) is 0.525. The van der Waals surface area contributed by atoms with Crippen LogP contribution in [0, 0.1) is 6.92 Å². The Morgan fingerprint density at radius 3 is 1.59 bits per heavy atom. The van der Waals surface area contributed by atoms with Crippen LogP contribution in [0.5, 0.6) is 5.75 Å². The van der Waals surface area contributed by atoms with Gasteiger partial charge in [-0.3, -0.25) is 0 Å². The minimum Gasteiger partial charge on any atom is -0.406 e. The number of benzene rings is 2. The molecule has 0 unspecified atom stereocenters. The number of ether oxygens (including phenoxy) is 1. The van der Waals surface area contributed by atoms with Crippen molar-refractivity contribution in [2.24, 2.45) is 0 Å². The molecule has 0 saturated heterocycles. The lowest BCUT2D eigenvalue weighted by atomic mass is 10.1. The summed E-state index contributed by atoms with van der Waals surface area (Å²) in [6.07, 6.45) is -4.83. The van der Waals surface area contributed by atoms with Crippen molar-refractivity contribution in [3.63, 3.8) is 0 Å². The minimum absolute atomic E-state index is 0.0544. The number of hydrogen-bond acceptors (Lipinski definition) is 1. The number of aryl methyl sites for hydroxylation is 1. The van der Waals surface area contributed by atoms with Gasteiger partial charge in [-0.15, -0.1) is 13.2 Å². The first-order valence-corrected chi connectivity index (χ1v) is 6.25. The summed E-state index contributed by atoms with van der Waals surface area (Å²) < 4.78 is 67.8. The molecule has 0 N–H and O–H groups in total. The molecule has 0 spiro atoms. The van der Waals surface area contributed by atoms with E-state index in [1.54, 1.807) is 19.1 Å². The minimum atomic E-state index is -4.83. The van der Waals surface area contributed by atoms with Crippen LogP contribution in [0.15, 0.2) is 48.5 Å². The third-order valence-electron chi connectivity index (χ3n) is 2.84. The summed E-state index contributed by atoms with van der Waals surface area (Å²) in [6.45, 7) is 1.81. The van der Waals surface area contributed by atoms with E-state index in [9.17, 15) is 22.0 Å². The van der Waals surface area contributed by atoms with E-state index in [0.29, 0.717) is 0 Å². The highest BCUT2D eigenvalue weighted by atomic mass is 19.4. The van der Waals surface area contributed by atoms with Gasteiger partial charge in [0.05, 0.1) is 0 Å². The SMILES string of the molecule is Cc1ccc(/C(F)=C(\F)c2ccc(OC(F)(F)F)cc2)cc1. The molecule has 0 fully saturated rings. The average Bonchev–Trinajstić information content (AvgIpc) is 2.46. The van der Waals surface area contributed by atoms with E-state index < -0.39 is 23.8 Å². The van der Waals surface area contributed by atoms with E-state index in [0.717, 1.165) is 29.8 Å². The summed E-state index contributed by atoms with van der Waals surface area (Å²) in [5.41, 5.74) is 0.775. The van der Waals surface area contributed by atoms with E-state index in [-0.39, 0.29) is 11.1 Å². The van der Waals surface area contributed by atoms with E-state index in [2.05, 4.69) is 4.74 Å². The largest absolute Gasteiger partial charge is 0.573 e. The van der Waals surface area contributed by atoms with E-state index >= 15 is 0 Å². The van der Waals surface area contributed by atoms with Gasteiger partial charge in [0.15, 0.2) is 11.7 Å². The van der Waals surface area contributed by atoms with Crippen LogP contribution in [0.2, 0.25) is 0 Å². The number of rotatable bonds is 3. The maximum absolute atomic E-state index is 14.0. The molecule has 2 rings (SSSR count). The van der Waals surface area contributed by atoms with Crippen molar-refractivity contribution in [2.45, 2.75) is 13.3 Å². The van der Waals surface area contributed by atoms with Gasteiger partial charge in [-0.2, -0.15) is 0 Å². The Morgan fingerprint density at radius 1 is 0.773 bits per heavy atom. The second kappa shape index (κ2) is 6.17. The molecule has 0 aliphatic rings. The maximum atomic E-state index is 14.0. The molecule has 6 heteroatoms. The molecule has 0 amide bonds. The van der Waals surface area contributed by atoms with Gasteiger partial charge < -0.3 is 4.74 Å². The molecular weight excluding hydrogens is 303 g/mol. The fourth-order valence-corrected chi connectivity index (χ4v) is 1.76. The highest BCUT2D eigenvalue weighted by molar-refractivity contribution is 5.83. The highest BCUT2D eigenvalue weighted by Gasteiger charge is 2.31. The topological polar surface area (TPSA) is 9.23 Å². The van der Waals surface area contributed by atoms with Gasteiger partial charge in [0.25, 0.3) is 0 Å². The second-order valence-corrected chi connectivity index (χ2v) is 4.57. The van der Waals surface area contributed by atoms with Gasteiger partial charge in [-0.05, 0) is 31.2 Å². The molecule has 2 aromatic carbocycles. The van der Waals surface area contributed by atoms with Gasteiger partial charge in [-0.25, -0.2) is 8.78 Å². The van der Waals surface area contributed by atoms with Crippen LogP contribution < -0.4 is 4.74 Å². The molecular formula is C16H11F5O. The van der Waals surface area contributed by atoms with E-state index in [4.69, 9.17) is 0 Å². The van der Waals surface area contributed by atoms with Crippen LogP contribution in [0.25, 0.3) is 11.7 Å². The molecule has 0 aliphatic carbocycles. The summed E-state index contributed by atoms with van der Waals surface area (Å²) in [7, 11) is 0. The summed E-state index contributed by atoms with van der Waals surface area (Å²) in [4.78, 5) is 0. The van der Waals surface area contributed by atoms with Crippen molar-refractivity contribution in [1.29, 1.82) is 0 Å². The Morgan fingerprint density at radius 2 is 1.18 bits per heavy atom. The molecule has 22 heavy (non-hydrogen) atoms. The molecule has 0 aliphatic heterocycles. The Hall–Kier alpha value is -2.37. The van der Waals surface area contributed by atoms with Gasteiger partial charge >= 0.3 is 6.36 Å². The average molecular weight is 314 g/mol. The Bertz CT molecular complexity index is 669. The third-order valence-corrected chi connectivity index (χ3v) is 2.84. The van der Waals surface area contributed by atoms with Crippen LogP contribution >= 0.6 is 0 Å². The summed E-state index contributed by atoms with van der Waals surface area (Å²) >= 11 is 0. The van der Waals surface area contributed by atoms with Gasteiger partial charge in [0.1, 0.15) is 5.75 Å². The Kier molecular flexibility index (Phi) is 4.49. The summed E-state index contributed by atoms with van der Waals surface area (Å²) in [5, 5.41) is 0. The third kappa shape index (κ3) is 4.07. The lowest BCUT2D eigenvalue weighted by Crippen LogP contribution is -2.16. The van der Waals surface area contributed by atoms with Crippen LogP contribution in [-0.2, 0) is 0 Å². The van der Waals surface area contributed by atoms with E-state index in [1.807, 2.05) is 0 Å². The first-order valence-electron chi connectivity index (χ1n) is 6.25. The van der Waals surface area contributed by atoms with Gasteiger partial charge in [0, 0.05) is 11.1 Å². The molecule has 0 radical (unpaired) electrons. The Balaban J connectivity index is 2.26. The monoisotopic (exact) mass is 314 g/mol. The lowest BCUT2D eigenvalue weighted by molar-refractivity contribution is -0.274. The summed E-state index contributed by atoms with van der Waals surface area (Å²) in [5.74, 6) is -2.73. The molecule has 0 atom stereocenters. The van der Waals surface area contributed by atoms with Crippen LogP contribution in [0.4, 0.5) is 22.0 Å². The lowest BCUT2D eigenvalue weighted by Gasteiger charge is -2.09. The van der Waals surface area contributed by atoms with Crippen molar-refractivity contribution in [1.82, 2.24) is 0 Å². The molecule has 1 nitrogen and oxygen atoms in total. The molecule has 0 bridgehead atoms.